The van der Waals surface area contributed by atoms with E-state index in [-0.39, 0.29) is 27.7 Å². The smallest absolute Gasteiger partial charge is 0.302 e. The topological polar surface area (TPSA) is 69.5 Å². The van der Waals surface area contributed by atoms with Crippen molar-refractivity contribution >= 4 is 22.8 Å². The molecule has 2 aromatic heterocycles. The number of fused-ring (bicyclic) bond motifs is 1. The van der Waals surface area contributed by atoms with E-state index < -0.39 is 61.4 Å². The molecule has 0 saturated carbocycles. The lowest BCUT2D eigenvalue weighted by Crippen LogP contribution is -2.53. The number of hydrogen-bond acceptors (Lipinski definition) is 4. The SMILES string of the molecule is [2H]c1c(C)[nH]c2ncnc(N(C([2H])([2H])[2H])[C@]3([2H])[C@H](C)C([2H])([2H])C([2H])([2H])N(C(=O)C([2H])([2H])[N+]#[C-])C3([2H])[2H])c12. The number of H-pyrrole nitrogens is 1. The summed E-state index contributed by atoms with van der Waals surface area (Å²) >= 11 is 0. The number of rotatable bonds is 3. The van der Waals surface area contributed by atoms with Gasteiger partial charge in [0.25, 0.3) is 6.50 Å². The molecular weight excluding hydrogens is 304 g/mol. The number of aromatic nitrogens is 3. The molecular formula is C17H22N6O. The summed E-state index contributed by atoms with van der Waals surface area (Å²) in [6, 6.07) is -3.72. The Labute approximate surface area is 159 Å². The van der Waals surface area contributed by atoms with Crippen LogP contribution in [0.25, 0.3) is 15.9 Å². The summed E-state index contributed by atoms with van der Waals surface area (Å²) in [5, 5.41) is -0.255. The largest absolute Gasteiger partial charge is 0.354 e. The van der Waals surface area contributed by atoms with Crippen LogP contribution in [-0.4, -0.2) is 58.2 Å². The Morgan fingerprint density at radius 2 is 2.62 bits per heavy atom. The van der Waals surface area contributed by atoms with Crippen molar-refractivity contribution in [2.75, 3.05) is 31.4 Å². The highest BCUT2D eigenvalue weighted by molar-refractivity contribution is 5.88. The second-order valence-electron chi connectivity index (χ2n) is 4.97. The third-order valence-electron chi connectivity index (χ3n) is 3.28. The Hall–Kier alpha value is -2.62. The quantitative estimate of drug-likeness (QED) is 0.867. The maximum atomic E-state index is 13.0. The molecule has 3 heterocycles. The minimum Gasteiger partial charge on any atom is -0.354 e. The molecule has 1 fully saturated rings. The standard InChI is InChI=1S/C17H22N6O/c1-11-5-6-23(15(24)8-18-3)9-14(11)22(4)17-13-7-12(2)21-16(13)19-10-20-17/h7,10-11,14H,5-6,8-9H2,1-2,4H3,(H,19,20,21)/t11-,14+/m1/s1/i4D3,5D2,6D2,7D,8D2,9D2,14D. The molecule has 0 radical (unpaired) electrons. The highest BCUT2D eigenvalue weighted by Gasteiger charge is 2.33. The third-order valence-corrected chi connectivity index (χ3v) is 3.28. The molecule has 1 aliphatic rings. The molecule has 0 aliphatic carbocycles. The first-order valence-electron chi connectivity index (χ1n) is 13.4. The Morgan fingerprint density at radius 3 is 3.38 bits per heavy atom. The van der Waals surface area contributed by atoms with Gasteiger partial charge in [0, 0.05) is 35.3 Å². The molecule has 0 spiro atoms. The number of amides is 1. The third kappa shape index (κ3) is 2.92. The molecule has 0 bridgehead atoms. The lowest BCUT2D eigenvalue weighted by Gasteiger charge is -2.41. The predicted molar refractivity (Wildman–Crippen MR) is 92.6 cm³/mol. The van der Waals surface area contributed by atoms with Gasteiger partial charge in [-0.1, -0.05) is 6.92 Å². The molecule has 24 heavy (non-hydrogen) atoms. The Morgan fingerprint density at radius 1 is 1.79 bits per heavy atom. The second-order valence-corrected chi connectivity index (χ2v) is 4.97. The van der Waals surface area contributed by atoms with Crippen molar-refractivity contribution in [3.05, 3.63) is 29.5 Å². The van der Waals surface area contributed by atoms with Gasteiger partial charge in [-0.2, -0.15) is 0 Å². The number of piperidine rings is 1. The van der Waals surface area contributed by atoms with Crippen LogP contribution in [0.3, 0.4) is 0 Å². The number of nitrogens with one attached hydrogen (secondary N) is 1. The summed E-state index contributed by atoms with van der Waals surface area (Å²) in [4.78, 5) is 25.5. The molecule has 7 heteroatoms. The summed E-state index contributed by atoms with van der Waals surface area (Å²) in [6.45, 7) is -5.17. The molecule has 0 unspecified atom stereocenters. The molecule has 3 rings (SSSR count). The number of aromatic amines is 1. The number of aryl methyl sites for hydroxylation is 1. The van der Waals surface area contributed by atoms with Gasteiger partial charge < -0.3 is 19.6 Å². The van der Waals surface area contributed by atoms with Crippen LogP contribution < -0.4 is 4.90 Å². The first kappa shape index (κ1) is 6.71. The fourth-order valence-corrected chi connectivity index (χ4v) is 2.18. The van der Waals surface area contributed by atoms with Gasteiger partial charge in [0.1, 0.15) is 20.5 Å². The van der Waals surface area contributed by atoms with E-state index in [1.165, 1.54) is 6.92 Å². The monoisotopic (exact) mass is 339 g/mol. The van der Waals surface area contributed by atoms with Crippen LogP contribution in [0.4, 0.5) is 5.82 Å². The second kappa shape index (κ2) is 6.48. The van der Waals surface area contributed by atoms with E-state index in [0.29, 0.717) is 0 Å². The molecule has 1 N–H and O–H groups in total. The molecule has 1 amide bonds. The van der Waals surface area contributed by atoms with E-state index in [2.05, 4.69) is 19.8 Å². The maximum absolute atomic E-state index is 13.0. The first-order valence-corrected chi connectivity index (χ1v) is 6.86. The van der Waals surface area contributed by atoms with Gasteiger partial charge in [0.15, 0.2) is 0 Å². The normalized spacial score (nSPS) is 39.3. The van der Waals surface area contributed by atoms with E-state index in [9.17, 15) is 6.17 Å². The van der Waals surface area contributed by atoms with Crippen molar-refractivity contribution in [3.63, 3.8) is 0 Å². The first-order chi connectivity index (χ1) is 16.5. The summed E-state index contributed by atoms with van der Waals surface area (Å²) in [6.07, 6.45) is -2.49. The maximum Gasteiger partial charge on any atom is 0.302 e. The van der Waals surface area contributed by atoms with E-state index in [1.54, 1.807) is 0 Å². The molecule has 1 saturated heterocycles. The molecule has 0 aromatic carbocycles. The zero-order valence-electron chi connectivity index (χ0n) is 25.8. The van der Waals surface area contributed by atoms with Crippen molar-refractivity contribution in [3.8, 4) is 0 Å². The summed E-state index contributed by atoms with van der Waals surface area (Å²) in [5.74, 6) is -4.99. The number of likely N-dealkylation sites (tertiary alicyclic amines) is 1. The van der Waals surface area contributed by atoms with Gasteiger partial charge in [0.05, 0.1) is 16.9 Å². The lowest BCUT2D eigenvalue weighted by molar-refractivity contribution is -0.130. The minimum absolute atomic E-state index is 0.0509. The molecule has 2 aromatic rings. The van der Waals surface area contributed by atoms with Gasteiger partial charge in [0.2, 0.25) is 0 Å². The van der Waals surface area contributed by atoms with Crippen molar-refractivity contribution in [2.24, 2.45) is 5.92 Å². The predicted octanol–water partition coefficient (Wildman–Crippen LogP) is 1.86. The lowest BCUT2D eigenvalue weighted by atomic mass is 9.92. The van der Waals surface area contributed by atoms with Crippen LogP contribution in [0.2, 0.25) is 0 Å². The van der Waals surface area contributed by atoms with Crippen LogP contribution in [-0.2, 0) is 4.79 Å². The zero-order chi connectivity index (χ0) is 28.7. The Kier molecular flexibility index (Phi) is 1.81. The number of carbonyl (C=O) groups is 1. The van der Waals surface area contributed by atoms with Crippen molar-refractivity contribution in [2.45, 2.75) is 26.2 Å². The number of carbonyl (C=O) groups excluding carboxylic acids is 1. The van der Waals surface area contributed by atoms with Crippen LogP contribution in [0, 0.1) is 19.4 Å². The van der Waals surface area contributed by atoms with Gasteiger partial charge in [-0.25, -0.2) is 16.5 Å². The average molecular weight is 339 g/mol. The van der Waals surface area contributed by atoms with Crippen LogP contribution in [0.1, 0.15) is 36.8 Å². The van der Waals surface area contributed by atoms with Crippen LogP contribution >= 0.6 is 0 Å². The average Bonchev–Trinajstić information content (AvgIpc) is 3.05. The van der Waals surface area contributed by atoms with Gasteiger partial charge >= 0.3 is 5.91 Å². The van der Waals surface area contributed by atoms with Gasteiger partial charge in [-0.05, 0) is 25.3 Å². The Bertz CT molecular complexity index is 1300. The number of likely N-dealkylation sites (N-methyl/N-ethyl adjacent to an activating group) is 1. The molecule has 2 atom stereocenters. The highest BCUT2D eigenvalue weighted by atomic mass is 16.2. The number of hydrogen-bond donors (Lipinski definition) is 1. The highest BCUT2D eigenvalue weighted by Crippen LogP contribution is 2.29. The fourth-order valence-electron chi connectivity index (χ4n) is 2.18. The minimum atomic E-state index is -3.78. The van der Waals surface area contributed by atoms with Crippen molar-refractivity contribution in [1.29, 1.82) is 0 Å². The van der Waals surface area contributed by atoms with Gasteiger partial charge in [-0.15, -0.1) is 0 Å². The molecule has 7 nitrogen and oxygen atoms in total. The molecule has 1 aliphatic heterocycles. The number of nitrogens with zero attached hydrogens (tertiary/aromatic N) is 5. The number of anilines is 1. The Balaban J connectivity index is 2.48. The van der Waals surface area contributed by atoms with Gasteiger partial charge in [-0.3, -0.25) is 4.79 Å². The molecule has 126 valence electrons. The van der Waals surface area contributed by atoms with E-state index in [4.69, 9.17) is 23.0 Å². The van der Waals surface area contributed by atoms with E-state index >= 15 is 0 Å². The fraction of sp³-hybridized carbons (Fsp3) is 0.529. The summed E-state index contributed by atoms with van der Waals surface area (Å²) in [7, 11) is 0. The van der Waals surface area contributed by atoms with Crippen LogP contribution in [0.5, 0.6) is 0 Å². The zero-order valence-corrected chi connectivity index (χ0v) is 12.8. The van der Waals surface area contributed by atoms with Crippen molar-refractivity contribution in [1.82, 2.24) is 19.9 Å². The summed E-state index contributed by atoms with van der Waals surface area (Å²) in [5.41, 5.74) is 0.166. The van der Waals surface area contributed by atoms with Crippen LogP contribution in [0.15, 0.2) is 12.4 Å². The van der Waals surface area contributed by atoms with E-state index in [0.717, 1.165) is 13.3 Å². The summed E-state index contributed by atoms with van der Waals surface area (Å²) < 4.78 is 108. The van der Waals surface area contributed by atoms with E-state index in [1.807, 2.05) is 0 Å². The van der Waals surface area contributed by atoms with Crippen molar-refractivity contribution < 1.29 is 22.6 Å².